The van der Waals surface area contributed by atoms with E-state index in [1.807, 2.05) is 0 Å². The van der Waals surface area contributed by atoms with Crippen LogP contribution in [0.4, 0.5) is 0 Å². The smallest absolute Gasteiger partial charge is 0.336 e. The number of rotatable bonds is 3. The lowest BCUT2D eigenvalue weighted by Gasteiger charge is -2.03. The van der Waals surface area contributed by atoms with Gasteiger partial charge in [-0.3, -0.25) is 4.98 Å². The number of aromatic nitrogens is 3. The normalized spacial score (nSPS) is 9.05. The first-order valence-corrected chi connectivity index (χ1v) is 5.58. The van der Waals surface area contributed by atoms with E-state index >= 15 is 0 Å². The van der Waals surface area contributed by atoms with Crippen LogP contribution in [0.25, 0.3) is 0 Å². The predicted molar refractivity (Wildman–Crippen MR) is 64.9 cm³/mol. The molecule has 8 nitrogen and oxygen atoms in total. The van der Waals surface area contributed by atoms with Gasteiger partial charge < -0.3 is 10.3 Å². The van der Waals surface area contributed by atoms with Crippen LogP contribution in [0.3, 0.4) is 0 Å². The minimum Gasteiger partial charge on any atom is -0.478 e. The van der Waals surface area contributed by atoms with Crippen LogP contribution in [0.15, 0.2) is 52.3 Å². The number of aromatic carboxylic acids is 1. The fraction of sp³-hybridized carbons (Fsp3) is 0. The average molecular weight is 280 g/mol. The van der Waals surface area contributed by atoms with Crippen molar-refractivity contribution in [1.82, 2.24) is 15.0 Å². The van der Waals surface area contributed by atoms with Gasteiger partial charge in [0.2, 0.25) is 0 Å². The molecule has 0 fully saturated rings. The van der Waals surface area contributed by atoms with Crippen LogP contribution in [0.2, 0.25) is 0 Å². The predicted octanol–water partition coefficient (Wildman–Crippen LogP) is 1.86. The second kappa shape index (κ2) is 7.71. The zero-order valence-corrected chi connectivity index (χ0v) is 10.2. The zero-order valence-electron chi connectivity index (χ0n) is 9.37. The minimum absolute atomic E-state index is 0.221. The molecular weight excluding hydrogens is 272 g/mol. The molecular formula is C10H8N4O4S. The fourth-order valence-electron chi connectivity index (χ4n) is 1.09. The quantitative estimate of drug-likeness (QED) is 0.495. The molecule has 0 bridgehead atoms. The molecule has 2 heterocycles. The van der Waals surface area contributed by atoms with Crippen molar-refractivity contribution in [2.75, 3.05) is 0 Å². The SMILES string of the molecule is O=C(O)c1ccncc1Sc1ccncn1.O=NO. The summed E-state index contributed by atoms with van der Waals surface area (Å²) < 4.78 is 0. The molecule has 2 N–H and O–H groups in total. The summed E-state index contributed by atoms with van der Waals surface area (Å²) in [5, 5.41) is 17.5. The topological polar surface area (TPSA) is 126 Å². The van der Waals surface area contributed by atoms with Crippen molar-refractivity contribution in [3.8, 4) is 0 Å². The molecule has 0 aliphatic rings. The van der Waals surface area contributed by atoms with Gasteiger partial charge in [0.05, 0.1) is 5.56 Å². The van der Waals surface area contributed by atoms with Crippen molar-refractivity contribution in [2.24, 2.45) is 5.34 Å². The van der Waals surface area contributed by atoms with E-state index in [1.165, 1.54) is 41.9 Å². The third-order valence-corrected chi connectivity index (χ3v) is 2.78. The molecule has 0 saturated carbocycles. The number of carboxylic acid groups (broad SMARTS) is 1. The maximum absolute atomic E-state index is 10.9. The van der Waals surface area contributed by atoms with Crippen LogP contribution < -0.4 is 0 Å². The van der Waals surface area contributed by atoms with Crippen molar-refractivity contribution in [3.05, 3.63) is 47.5 Å². The van der Waals surface area contributed by atoms with E-state index in [9.17, 15) is 4.79 Å². The van der Waals surface area contributed by atoms with E-state index in [2.05, 4.69) is 15.0 Å². The molecule has 0 aromatic carbocycles. The van der Waals surface area contributed by atoms with Crippen LogP contribution in [0, 0.1) is 4.91 Å². The summed E-state index contributed by atoms with van der Waals surface area (Å²) in [4.78, 5) is 31.3. The van der Waals surface area contributed by atoms with Crippen LogP contribution in [-0.2, 0) is 0 Å². The first kappa shape index (κ1) is 14.5. The van der Waals surface area contributed by atoms with Crippen LogP contribution in [0.1, 0.15) is 10.4 Å². The van der Waals surface area contributed by atoms with Crippen molar-refractivity contribution in [3.63, 3.8) is 0 Å². The summed E-state index contributed by atoms with van der Waals surface area (Å²) in [6.07, 6.45) is 5.98. The Morgan fingerprint density at radius 1 is 1.26 bits per heavy atom. The second-order valence-electron chi connectivity index (χ2n) is 2.91. The van der Waals surface area contributed by atoms with Crippen LogP contribution in [0.5, 0.6) is 0 Å². The lowest BCUT2D eigenvalue weighted by atomic mass is 10.3. The zero-order chi connectivity index (χ0) is 14.1. The highest BCUT2D eigenvalue weighted by Crippen LogP contribution is 2.27. The molecule has 0 spiro atoms. The summed E-state index contributed by atoms with van der Waals surface area (Å²) in [6, 6.07) is 3.18. The Kier molecular flexibility index (Phi) is 5.89. The highest BCUT2D eigenvalue weighted by Gasteiger charge is 2.10. The monoisotopic (exact) mass is 280 g/mol. The van der Waals surface area contributed by atoms with Crippen LogP contribution in [-0.4, -0.2) is 31.2 Å². The van der Waals surface area contributed by atoms with Gasteiger partial charge in [0.25, 0.3) is 0 Å². The maximum atomic E-state index is 10.9. The van der Waals surface area contributed by atoms with Gasteiger partial charge in [-0.1, -0.05) is 11.8 Å². The number of carbonyl (C=O) groups is 1. The molecule has 98 valence electrons. The van der Waals surface area contributed by atoms with E-state index in [-0.39, 0.29) is 5.56 Å². The number of pyridine rings is 1. The fourth-order valence-corrected chi connectivity index (χ4v) is 1.92. The Morgan fingerprint density at radius 3 is 2.53 bits per heavy atom. The molecule has 0 radical (unpaired) electrons. The molecule has 19 heavy (non-hydrogen) atoms. The Balaban J connectivity index is 0.000000550. The molecule has 0 atom stereocenters. The van der Waals surface area contributed by atoms with Gasteiger partial charge in [0.15, 0.2) is 5.34 Å². The molecule has 9 heteroatoms. The largest absolute Gasteiger partial charge is 0.478 e. The van der Waals surface area contributed by atoms with Gasteiger partial charge in [0.1, 0.15) is 11.4 Å². The first-order valence-electron chi connectivity index (χ1n) is 4.77. The van der Waals surface area contributed by atoms with Gasteiger partial charge in [-0.25, -0.2) is 14.8 Å². The van der Waals surface area contributed by atoms with Gasteiger partial charge in [-0.2, -0.15) is 0 Å². The molecule has 0 amide bonds. The maximum Gasteiger partial charge on any atom is 0.336 e. The molecule has 2 aromatic heterocycles. The summed E-state index contributed by atoms with van der Waals surface area (Å²) in [5.41, 5.74) is 0.221. The highest BCUT2D eigenvalue weighted by molar-refractivity contribution is 7.99. The van der Waals surface area contributed by atoms with E-state index in [0.29, 0.717) is 9.92 Å². The van der Waals surface area contributed by atoms with Gasteiger partial charge in [0, 0.05) is 23.5 Å². The molecule has 0 aliphatic heterocycles. The molecule has 2 aromatic rings. The van der Waals surface area contributed by atoms with E-state index in [0.717, 1.165) is 0 Å². The molecule has 0 unspecified atom stereocenters. The summed E-state index contributed by atoms with van der Waals surface area (Å²) in [5.74, 6) is -0.973. The van der Waals surface area contributed by atoms with Crippen molar-refractivity contribution >= 4 is 17.7 Å². The lowest BCUT2D eigenvalue weighted by molar-refractivity contribution is 0.0693. The van der Waals surface area contributed by atoms with Crippen molar-refractivity contribution in [2.45, 2.75) is 9.92 Å². The molecule has 2 rings (SSSR count). The van der Waals surface area contributed by atoms with E-state index < -0.39 is 5.97 Å². The number of hydrogen-bond acceptors (Lipinski definition) is 7. The second-order valence-corrected chi connectivity index (χ2v) is 3.97. The Labute approximate surface area is 111 Å². The van der Waals surface area contributed by atoms with E-state index in [4.69, 9.17) is 15.2 Å². The summed E-state index contributed by atoms with van der Waals surface area (Å²) >= 11 is 1.25. The van der Waals surface area contributed by atoms with Gasteiger partial charge in [-0.05, 0) is 12.1 Å². The Hall–Kier alpha value is -2.55. The number of carboxylic acids is 1. The third-order valence-electron chi connectivity index (χ3n) is 1.78. The van der Waals surface area contributed by atoms with Crippen LogP contribution >= 0.6 is 11.8 Å². The Morgan fingerprint density at radius 2 is 1.95 bits per heavy atom. The minimum atomic E-state index is -0.973. The number of nitrogens with zero attached hydrogens (tertiary/aromatic N) is 4. The summed E-state index contributed by atoms with van der Waals surface area (Å²) in [6.45, 7) is 0. The first-order chi connectivity index (χ1) is 9.19. The van der Waals surface area contributed by atoms with Crippen molar-refractivity contribution in [1.29, 1.82) is 0 Å². The van der Waals surface area contributed by atoms with E-state index in [1.54, 1.807) is 12.3 Å². The van der Waals surface area contributed by atoms with Gasteiger partial charge >= 0.3 is 5.97 Å². The Bertz CT molecular complexity index is 552. The molecule has 0 aliphatic carbocycles. The third kappa shape index (κ3) is 4.68. The highest BCUT2D eigenvalue weighted by atomic mass is 32.2. The number of hydrogen-bond donors (Lipinski definition) is 2. The van der Waals surface area contributed by atoms with Crippen molar-refractivity contribution < 1.29 is 15.1 Å². The summed E-state index contributed by atoms with van der Waals surface area (Å²) in [7, 11) is 0. The molecule has 0 saturated heterocycles. The van der Waals surface area contributed by atoms with Gasteiger partial charge in [-0.15, -0.1) is 4.91 Å². The standard InChI is InChI=1S/C10H7N3O2S.HNO2/c14-10(15)7-1-3-11-5-8(7)16-9-2-4-12-6-13-9;2-1-3/h1-6H,(H,14,15);(H,2,3). The average Bonchev–Trinajstić information content (AvgIpc) is 2.41. The lowest BCUT2D eigenvalue weighted by Crippen LogP contribution is -1.99.